The minimum atomic E-state index is -0.506. The number of halogens is 2. The van der Waals surface area contributed by atoms with Gasteiger partial charge in [0.25, 0.3) is 5.69 Å². The van der Waals surface area contributed by atoms with Crippen LogP contribution in [-0.4, -0.2) is 15.1 Å². The molecule has 1 aromatic carbocycles. The number of aromatic nitrogens is 2. The molecule has 2 rings (SSSR count). The van der Waals surface area contributed by atoms with E-state index in [4.69, 9.17) is 11.6 Å². The molecule has 0 amide bonds. The van der Waals surface area contributed by atoms with Gasteiger partial charge in [-0.3, -0.25) is 15.2 Å². The van der Waals surface area contributed by atoms with E-state index in [1.807, 2.05) is 0 Å². The summed E-state index contributed by atoms with van der Waals surface area (Å²) in [6.07, 6.45) is 0. The first-order valence-corrected chi connectivity index (χ1v) is 4.74. The van der Waals surface area contributed by atoms with Crippen LogP contribution in [0, 0.1) is 10.1 Å². The van der Waals surface area contributed by atoms with Gasteiger partial charge in [0, 0.05) is 12.1 Å². The quantitative estimate of drug-likeness (QED) is 0.643. The first-order chi connectivity index (χ1) is 6.59. The second-order valence-corrected chi connectivity index (χ2v) is 3.82. The smallest absolute Gasteiger partial charge is 0.270 e. The number of non-ortho nitro benzene ring substituents is 1. The fraction of sp³-hybridized carbons (Fsp3) is 0. The molecule has 72 valence electrons. The molecule has 1 heterocycles. The average molecular weight is 276 g/mol. The number of hydrogen-bond donors (Lipinski definition) is 1. The molecular formula is C7H3BrClN3O2. The highest BCUT2D eigenvalue weighted by molar-refractivity contribution is 9.10. The normalized spacial score (nSPS) is 10.7. The van der Waals surface area contributed by atoms with Crippen LogP contribution in [0.25, 0.3) is 10.9 Å². The van der Waals surface area contributed by atoms with Crippen LogP contribution in [0.5, 0.6) is 0 Å². The summed E-state index contributed by atoms with van der Waals surface area (Å²) in [5.41, 5.74) is 0.401. The molecule has 0 saturated carbocycles. The van der Waals surface area contributed by atoms with E-state index >= 15 is 0 Å². The lowest BCUT2D eigenvalue weighted by Crippen LogP contribution is -1.87. The average Bonchev–Trinajstić information content (AvgIpc) is 2.48. The summed E-state index contributed by atoms with van der Waals surface area (Å²) in [5.74, 6) is 0. The summed E-state index contributed by atoms with van der Waals surface area (Å²) in [4.78, 5) is 9.99. The van der Waals surface area contributed by atoms with Crippen LogP contribution in [0.2, 0.25) is 5.02 Å². The van der Waals surface area contributed by atoms with E-state index in [1.54, 1.807) is 0 Å². The first-order valence-electron chi connectivity index (χ1n) is 3.57. The van der Waals surface area contributed by atoms with Gasteiger partial charge in [0.2, 0.25) is 0 Å². The number of nitrogens with one attached hydrogen (secondary N) is 1. The van der Waals surface area contributed by atoms with E-state index in [1.165, 1.54) is 12.1 Å². The lowest BCUT2D eigenvalue weighted by molar-refractivity contribution is -0.384. The van der Waals surface area contributed by atoms with Gasteiger partial charge in [0.05, 0.1) is 15.3 Å². The maximum Gasteiger partial charge on any atom is 0.273 e. The van der Waals surface area contributed by atoms with Gasteiger partial charge in [-0.05, 0) is 15.9 Å². The van der Waals surface area contributed by atoms with Crippen molar-refractivity contribution < 1.29 is 4.92 Å². The van der Waals surface area contributed by atoms with Crippen LogP contribution in [0.1, 0.15) is 0 Å². The Morgan fingerprint density at radius 2 is 2.29 bits per heavy atom. The minimum absolute atomic E-state index is 0.0681. The number of aromatic amines is 1. The summed E-state index contributed by atoms with van der Waals surface area (Å²) in [6, 6.07) is 2.66. The molecule has 0 aliphatic heterocycles. The van der Waals surface area contributed by atoms with Crippen molar-refractivity contribution in [2.75, 3.05) is 0 Å². The fourth-order valence-electron chi connectivity index (χ4n) is 1.15. The number of benzene rings is 1. The highest BCUT2D eigenvalue weighted by atomic mass is 79.9. The Hall–Kier alpha value is -1.14. The second kappa shape index (κ2) is 3.21. The number of rotatable bonds is 1. The number of nitro benzene ring substituents is 1. The molecule has 0 aliphatic rings. The van der Waals surface area contributed by atoms with Gasteiger partial charge < -0.3 is 0 Å². The Kier molecular flexibility index (Phi) is 2.16. The summed E-state index contributed by atoms with van der Waals surface area (Å²) in [5, 5.41) is 18.0. The molecule has 0 spiro atoms. The zero-order chi connectivity index (χ0) is 10.3. The monoisotopic (exact) mass is 275 g/mol. The molecule has 1 N–H and O–H groups in total. The first kappa shape index (κ1) is 9.42. The summed E-state index contributed by atoms with van der Waals surface area (Å²) >= 11 is 9.07. The SMILES string of the molecule is O=[N+]([O-])c1cc(Cl)c2c(Br)[nH]nc2c1. The van der Waals surface area contributed by atoms with Crippen LogP contribution in [0.15, 0.2) is 16.7 Å². The van der Waals surface area contributed by atoms with Crippen molar-refractivity contribution in [3.63, 3.8) is 0 Å². The lowest BCUT2D eigenvalue weighted by atomic mass is 10.2. The number of nitro groups is 1. The van der Waals surface area contributed by atoms with Crippen molar-refractivity contribution in [1.82, 2.24) is 10.2 Å². The van der Waals surface area contributed by atoms with E-state index < -0.39 is 4.92 Å². The molecule has 5 nitrogen and oxygen atoms in total. The van der Waals surface area contributed by atoms with Crippen molar-refractivity contribution in [1.29, 1.82) is 0 Å². The fourth-order valence-corrected chi connectivity index (χ4v) is 2.08. The zero-order valence-corrected chi connectivity index (χ0v) is 8.96. The highest BCUT2D eigenvalue weighted by Crippen LogP contribution is 2.32. The van der Waals surface area contributed by atoms with Crippen molar-refractivity contribution >= 4 is 44.1 Å². The van der Waals surface area contributed by atoms with Crippen molar-refractivity contribution in [3.8, 4) is 0 Å². The number of nitrogens with zero attached hydrogens (tertiary/aromatic N) is 2. The molecule has 0 atom stereocenters. The van der Waals surface area contributed by atoms with Gasteiger partial charge in [-0.2, -0.15) is 5.10 Å². The van der Waals surface area contributed by atoms with Gasteiger partial charge in [0.1, 0.15) is 10.1 Å². The van der Waals surface area contributed by atoms with Crippen molar-refractivity contribution in [2.45, 2.75) is 0 Å². The summed E-state index contributed by atoms with van der Waals surface area (Å²) < 4.78 is 0.618. The molecule has 0 unspecified atom stereocenters. The van der Waals surface area contributed by atoms with E-state index in [-0.39, 0.29) is 5.69 Å². The van der Waals surface area contributed by atoms with Crippen LogP contribution < -0.4 is 0 Å². The largest absolute Gasteiger partial charge is 0.273 e. The molecule has 0 radical (unpaired) electrons. The van der Waals surface area contributed by atoms with E-state index in [0.29, 0.717) is 20.5 Å². The number of fused-ring (bicyclic) bond motifs is 1. The molecule has 7 heteroatoms. The molecule has 2 aromatic rings. The lowest BCUT2D eigenvalue weighted by Gasteiger charge is -1.94. The van der Waals surface area contributed by atoms with Gasteiger partial charge in [-0.15, -0.1) is 0 Å². The Bertz CT molecular complexity index is 525. The minimum Gasteiger partial charge on any atom is -0.270 e. The van der Waals surface area contributed by atoms with Gasteiger partial charge in [-0.1, -0.05) is 11.6 Å². The summed E-state index contributed by atoms with van der Waals surface area (Å²) in [6.45, 7) is 0. The maximum atomic E-state index is 10.5. The highest BCUT2D eigenvalue weighted by Gasteiger charge is 2.14. The molecule has 14 heavy (non-hydrogen) atoms. The van der Waals surface area contributed by atoms with Gasteiger partial charge in [-0.25, -0.2) is 0 Å². The molecule has 0 aliphatic carbocycles. The molecule has 0 saturated heterocycles. The molecule has 0 fully saturated rings. The van der Waals surface area contributed by atoms with Gasteiger partial charge in [0.15, 0.2) is 0 Å². The Balaban J connectivity index is 2.80. The summed E-state index contributed by atoms with van der Waals surface area (Å²) in [7, 11) is 0. The predicted molar refractivity (Wildman–Crippen MR) is 55.5 cm³/mol. The van der Waals surface area contributed by atoms with Crippen LogP contribution in [0.4, 0.5) is 5.69 Å². The number of H-pyrrole nitrogens is 1. The topological polar surface area (TPSA) is 71.8 Å². The van der Waals surface area contributed by atoms with Crippen LogP contribution >= 0.6 is 27.5 Å². The predicted octanol–water partition coefficient (Wildman–Crippen LogP) is 2.89. The third-order valence-electron chi connectivity index (χ3n) is 1.76. The Morgan fingerprint density at radius 1 is 1.57 bits per heavy atom. The number of hydrogen-bond acceptors (Lipinski definition) is 3. The molecule has 1 aromatic heterocycles. The van der Waals surface area contributed by atoms with Crippen LogP contribution in [0.3, 0.4) is 0 Å². The third-order valence-corrected chi connectivity index (χ3v) is 2.63. The maximum absolute atomic E-state index is 10.5. The second-order valence-electron chi connectivity index (χ2n) is 2.62. The van der Waals surface area contributed by atoms with E-state index in [2.05, 4.69) is 26.1 Å². The standard InChI is InChI=1S/C7H3BrClN3O2/c8-7-6-4(9)1-3(12(13)14)2-5(6)10-11-7/h1-2H,(H,10,11). The van der Waals surface area contributed by atoms with E-state index in [0.717, 1.165) is 0 Å². The Labute approximate surface area is 91.3 Å². The zero-order valence-electron chi connectivity index (χ0n) is 6.62. The van der Waals surface area contributed by atoms with E-state index in [9.17, 15) is 10.1 Å². The Morgan fingerprint density at radius 3 is 2.93 bits per heavy atom. The van der Waals surface area contributed by atoms with Crippen molar-refractivity contribution in [3.05, 3.63) is 31.9 Å². The molecule has 0 bridgehead atoms. The van der Waals surface area contributed by atoms with Crippen molar-refractivity contribution in [2.24, 2.45) is 0 Å². The van der Waals surface area contributed by atoms with Gasteiger partial charge >= 0.3 is 0 Å². The van der Waals surface area contributed by atoms with Crippen LogP contribution in [-0.2, 0) is 0 Å². The molecular weight excluding hydrogens is 273 g/mol. The third kappa shape index (κ3) is 1.36.